The van der Waals surface area contributed by atoms with Gasteiger partial charge in [0.25, 0.3) is 0 Å². The molecule has 0 amide bonds. The van der Waals surface area contributed by atoms with Crippen LogP contribution in [0.4, 0.5) is 0 Å². The lowest BCUT2D eigenvalue weighted by Crippen LogP contribution is -2.41. The molecule has 0 aromatic carbocycles. The molecular weight excluding hydrogens is 170 g/mol. The molecule has 0 heterocycles. The average molecular weight is 199 g/mol. The van der Waals surface area contributed by atoms with Crippen LogP contribution in [0.2, 0.25) is 0 Å². The molecule has 2 N–H and O–H groups in total. The summed E-state index contributed by atoms with van der Waals surface area (Å²) in [4.78, 5) is 0. The minimum Gasteiger partial charge on any atom is -0.325 e. The van der Waals surface area contributed by atoms with E-state index in [1.165, 1.54) is 44.9 Å². The van der Waals surface area contributed by atoms with Crippen LogP contribution in [0.3, 0.4) is 0 Å². The van der Waals surface area contributed by atoms with Gasteiger partial charge in [0.1, 0.15) is 0 Å². The standard InChI is InChI=1S/C13H29N/c1-5-6-7-8-9-10-11-13(4,14)12(2)3/h12H,5-11,14H2,1-4H3. The second-order valence-electron chi connectivity index (χ2n) is 5.18. The lowest BCUT2D eigenvalue weighted by molar-refractivity contribution is 0.305. The number of unbranched alkanes of at least 4 members (excludes halogenated alkanes) is 5. The molecule has 1 atom stereocenters. The van der Waals surface area contributed by atoms with Gasteiger partial charge >= 0.3 is 0 Å². The van der Waals surface area contributed by atoms with Crippen LogP contribution in [0.5, 0.6) is 0 Å². The SMILES string of the molecule is CCCCCCCCC(C)(N)C(C)C. The first-order valence-corrected chi connectivity index (χ1v) is 6.29. The molecule has 0 aliphatic carbocycles. The van der Waals surface area contributed by atoms with Crippen molar-refractivity contribution in [1.82, 2.24) is 0 Å². The molecule has 86 valence electrons. The van der Waals surface area contributed by atoms with Crippen molar-refractivity contribution in [1.29, 1.82) is 0 Å². The molecule has 0 aliphatic rings. The van der Waals surface area contributed by atoms with Crippen molar-refractivity contribution in [3.63, 3.8) is 0 Å². The Balaban J connectivity index is 3.35. The maximum absolute atomic E-state index is 6.20. The molecule has 0 saturated heterocycles. The third-order valence-electron chi connectivity index (χ3n) is 3.39. The van der Waals surface area contributed by atoms with E-state index < -0.39 is 0 Å². The van der Waals surface area contributed by atoms with E-state index in [4.69, 9.17) is 5.73 Å². The fourth-order valence-corrected chi connectivity index (χ4v) is 1.57. The molecule has 0 spiro atoms. The minimum atomic E-state index is 0.0464. The first kappa shape index (κ1) is 14.0. The van der Waals surface area contributed by atoms with E-state index in [9.17, 15) is 0 Å². The molecule has 0 bridgehead atoms. The molecule has 0 aromatic heterocycles. The molecule has 0 aromatic rings. The van der Waals surface area contributed by atoms with Gasteiger partial charge in [-0.3, -0.25) is 0 Å². The number of nitrogens with two attached hydrogens (primary N) is 1. The zero-order valence-corrected chi connectivity index (χ0v) is 10.6. The Bertz CT molecular complexity index is 127. The molecule has 0 rings (SSSR count). The summed E-state index contributed by atoms with van der Waals surface area (Å²) in [6.07, 6.45) is 9.36. The minimum absolute atomic E-state index is 0.0464. The first-order chi connectivity index (χ1) is 6.50. The Morgan fingerprint density at radius 1 is 1.00 bits per heavy atom. The van der Waals surface area contributed by atoms with Gasteiger partial charge in [-0.2, -0.15) is 0 Å². The van der Waals surface area contributed by atoms with Crippen LogP contribution in [0.15, 0.2) is 0 Å². The van der Waals surface area contributed by atoms with Gasteiger partial charge in [0, 0.05) is 5.54 Å². The number of hydrogen-bond acceptors (Lipinski definition) is 1. The fourth-order valence-electron chi connectivity index (χ4n) is 1.57. The monoisotopic (exact) mass is 199 g/mol. The van der Waals surface area contributed by atoms with Gasteiger partial charge in [0.2, 0.25) is 0 Å². The largest absolute Gasteiger partial charge is 0.325 e. The van der Waals surface area contributed by atoms with Crippen LogP contribution in [0.1, 0.15) is 72.6 Å². The fraction of sp³-hybridized carbons (Fsp3) is 1.00. The van der Waals surface area contributed by atoms with Gasteiger partial charge < -0.3 is 5.73 Å². The van der Waals surface area contributed by atoms with Crippen molar-refractivity contribution in [3.05, 3.63) is 0 Å². The molecule has 1 unspecified atom stereocenters. The van der Waals surface area contributed by atoms with Gasteiger partial charge in [-0.15, -0.1) is 0 Å². The summed E-state index contributed by atoms with van der Waals surface area (Å²) in [5.41, 5.74) is 6.25. The summed E-state index contributed by atoms with van der Waals surface area (Å²) in [5, 5.41) is 0. The predicted octanol–water partition coefficient (Wildman–Crippen LogP) is 4.11. The molecule has 1 nitrogen and oxygen atoms in total. The van der Waals surface area contributed by atoms with Crippen molar-refractivity contribution in [3.8, 4) is 0 Å². The highest BCUT2D eigenvalue weighted by Gasteiger charge is 2.21. The first-order valence-electron chi connectivity index (χ1n) is 6.29. The topological polar surface area (TPSA) is 26.0 Å². The third-order valence-corrected chi connectivity index (χ3v) is 3.39. The van der Waals surface area contributed by atoms with Crippen LogP contribution in [0.25, 0.3) is 0 Å². The van der Waals surface area contributed by atoms with Gasteiger partial charge in [-0.25, -0.2) is 0 Å². The van der Waals surface area contributed by atoms with Crippen LogP contribution in [-0.4, -0.2) is 5.54 Å². The van der Waals surface area contributed by atoms with Gasteiger partial charge in [0.15, 0.2) is 0 Å². The van der Waals surface area contributed by atoms with Crippen LogP contribution < -0.4 is 5.73 Å². The summed E-state index contributed by atoms with van der Waals surface area (Å²) in [7, 11) is 0. The average Bonchev–Trinajstić information content (AvgIpc) is 2.10. The Morgan fingerprint density at radius 3 is 2.00 bits per heavy atom. The normalized spacial score (nSPS) is 15.9. The smallest absolute Gasteiger partial charge is 0.0149 e. The van der Waals surface area contributed by atoms with Gasteiger partial charge in [0.05, 0.1) is 0 Å². The highest BCUT2D eigenvalue weighted by molar-refractivity contribution is 4.81. The van der Waals surface area contributed by atoms with Crippen molar-refractivity contribution < 1.29 is 0 Å². The van der Waals surface area contributed by atoms with Crippen LogP contribution in [-0.2, 0) is 0 Å². The predicted molar refractivity (Wildman–Crippen MR) is 65.4 cm³/mol. The van der Waals surface area contributed by atoms with Crippen molar-refractivity contribution in [2.75, 3.05) is 0 Å². The van der Waals surface area contributed by atoms with E-state index in [-0.39, 0.29) is 5.54 Å². The van der Waals surface area contributed by atoms with Crippen LogP contribution in [0, 0.1) is 5.92 Å². The van der Waals surface area contributed by atoms with E-state index in [0.29, 0.717) is 5.92 Å². The van der Waals surface area contributed by atoms with E-state index >= 15 is 0 Å². The molecule has 0 saturated carbocycles. The molecular formula is C13H29N. The Kier molecular flexibility index (Phi) is 7.26. The molecule has 1 heteroatoms. The van der Waals surface area contributed by atoms with E-state index in [1.807, 2.05) is 0 Å². The summed E-state index contributed by atoms with van der Waals surface area (Å²) in [6.45, 7) is 8.88. The zero-order chi connectivity index (χ0) is 11.0. The zero-order valence-electron chi connectivity index (χ0n) is 10.6. The van der Waals surface area contributed by atoms with E-state index in [0.717, 1.165) is 0 Å². The van der Waals surface area contributed by atoms with Crippen molar-refractivity contribution in [2.24, 2.45) is 11.7 Å². The molecule has 0 aliphatic heterocycles. The Labute approximate surface area is 90.5 Å². The second kappa shape index (κ2) is 7.28. The number of hydrogen-bond donors (Lipinski definition) is 1. The maximum atomic E-state index is 6.20. The maximum Gasteiger partial charge on any atom is 0.0149 e. The van der Waals surface area contributed by atoms with E-state index in [2.05, 4.69) is 27.7 Å². The van der Waals surface area contributed by atoms with E-state index in [1.54, 1.807) is 0 Å². The Morgan fingerprint density at radius 2 is 1.50 bits per heavy atom. The van der Waals surface area contributed by atoms with Crippen molar-refractivity contribution >= 4 is 0 Å². The van der Waals surface area contributed by atoms with Gasteiger partial charge in [-0.1, -0.05) is 59.3 Å². The second-order valence-corrected chi connectivity index (χ2v) is 5.18. The lowest BCUT2D eigenvalue weighted by Gasteiger charge is -2.29. The molecule has 0 fully saturated rings. The quantitative estimate of drug-likeness (QED) is 0.585. The number of rotatable bonds is 8. The van der Waals surface area contributed by atoms with Crippen LogP contribution >= 0.6 is 0 Å². The highest BCUT2D eigenvalue weighted by atomic mass is 14.7. The lowest BCUT2D eigenvalue weighted by atomic mass is 9.84. The highest BCUT2D eigenvalue weighted by Crippen LogP contribution is 2.20. The Hall–Kier alpha value is -0.0400. The summed E-state index contributed by atoms with van der Waals surface area (Å²) in [5.74, 6) is 0.596. The molecule has 0 radical (unpaired) electrons. The third kappa shape index (κ3) is 6.42. The van der Waals surface area contributed by atoms with Gasteiger partial charge in [-0.05, 0) is 19.3 Å². The molecule has 14 heavy (non-hydrogen) atoms. The van der Waals surface area contributed by atoms with Crippen molar-refractivity contribution in [2.45, 2.75) is 78.2 Å². The summed E-state index contributed by atoms with van der Waals surface area (Å²) < 4.78 is 0. The summed E-state index contributed by atoms with van der Waals surface area (Å²) >= 11 is 0. The summed E-state index contributed by atoms with van der Waals surface area (Å²) in [6, 6.07) is 0.